The van der Waals surface area contributed by atoms with Gasteiger partial charge in [0.15, 0.2) is 0 Å². The summed E-state index contributed by atoms with van der Waals surface area (Å²) in [6, 6.07) is 2.17. The van der Waals surface area contributed by atoms with Crippen LogP contribution in [0.3, 0.4) is 0 Å². The summed E-state index contributed by atoms with van der Waals surface area (Å²) in [6.07, 6.45) is 12.2. The van der Waals surface area contributed by atoms with Gasteiger partial charge in [0.2, 0.25) is 0 Å². The fraction of sp³-hybridized carbons (Fsp3) is 0.857. The van der Waals surface area contributed by atoms with Crippen LogP contribution in [0.2, 0.25) is 0 Å². The third kappa shape index (κ3) is 2.05. The summed E-state index contributed by atoms with van der Waals surface area (Å²) in [6.45, 7) is 0.796. The van der Waals surface area contributed by atoms with Crippen molar-refractivity contribution in [3.63, 3.8) is 0 Å². The highest BCUT2D eigenvalue weighted by Crippen LogP contribution is 2.39. The molecule has 2 heterocycles. The first kappa shape index (κ1) is 11.7. The van der Waals surface area contributed by atoms with Crippen LogP contribution in [0.4, 0.5) is 0 Å². The van der Waals surface area contributed by atoms with Gasteiger partial charge in [-0.05, 0) is 45.6 Å². The van der Waals surface area contributed by atoms with Gasteiger partial charge in [-0.3, -0.25) is 0 Å². The van der Waals surface area contributed by atoms with Gasteiger partial charge in [-0.2, -0.15) is 0 Å². The van der Waals surface area contributed by atoms with Crippen LogP contribution in [0.25, 0.3) is 0 Å². The molecule has 17 heavy (non-hydrogen) atoms. The van der Waals surface area contributed by atoms with Gasteiger partial charge in [-0.15, -0.1) is 0 Å². The summed E-state index contributed by atoms with van der Waals surface area (Å²) in [5.74, 6) is 0. The Balaban J connectivity index is 1.70. The zero-order valence-corrected chi connectivity index (χ0v) is 10.9. The quantitative estimate of drug-likeness (QED) is 0.723. The van der Waals surface area contributed by atoms with E-state index in [0.717, 1.165) is 18.6 Å². The minimum absolute atomic E-state index is 0.217. The molecule has 2 unspecified atom stereocenters. The number of piperidine rings is 1. The van der Waals surface area contributed by atoms with Crippen molar-refractivity contribution in [3.8, 4) is 0 Å². The molecule has 0 spiro atoms. The van der Waals surface area contributed by atoms with Crippen LogP contribution in [0, 0.1) is 0 Å². The van der Waals surface area contributed by atoms with Gasteiger partial charge in [0.25, 0.3) is 0 Å². The maximum absolute atomic E-state index is 6.11. The van der Waals surface area contributed by atoms with Gasteiger partial charge >= 0.3 is 0 Å². The molecule has 0 aromatic heterocycles. The van der Waals surface area contributed by atoms with Gasteiger partial charge in [0.1, 0.15) is 0 Å². The maximum atomic E-state index is 6.11. The van der Waals surface area contributed by atoms with Gasteiger partial charge in [0.05, 0.1) is 0 Å². The van der Waals surface area contributed by atoms with E-state index in [9.17, 15) is 0 Å². The maximum Gasteiger partial charge on any atom is 0.0336 e. The number of nitrogens with two attached hydrogens (primary N) is 1. The Bertz CT molecular complexity index is 291. The molecule has 3 aliphatic rings. The van der Waals surface area contributed by atoms with E-state index in [0.29, 0.717) is 6.04 Å². The van der Waals surface area contributed by atoms with Crippen molar-refractivity contribution >= 4 is 0 Å². The lowest BCUT2D eigenvalue weighted by molar-refractivity contribution is 0.0872. The number of hydrogen-bond acceptors (Lipinski definition) is 3. The largest absolute Gasteiger partial charge is 0.329 e. The zero-order valence-electron chi connectivity index (χ0n) is 10.9. The summed E-state index contributed by atoms with van der Waals surface area (Å²) in [4.78, 5) is 2.59. The topological polar surface area (TPSA) is 41.3 Å². The van der Waals surface area contributed by atoms with E-state index < -0.39 is 0 Å². The Morgan fingerprint density at radius 3 is 2.35 bits per heavy atom. The number of rotatable bonds is 3. The first-order chi connectivity index (χ1) is 8.22. The molecule has 1 aliphatic carbocycles. The Morgan fingerprint density at radius 1 is 1.24 bits per heavy atom. The highest BCUT2D eigenvalue weighted by molar-refractivity contribution is 5.09. The fourth-order valence-electron chi connectivity index (χ4n) is 4.08. The lowest BCUT2D eigenvalue weighted by Crippen LogP contribution is -2.62. The number of fused-ring (bicyclic) bond motifs is 2. The average molecular weight is 235 g/mol. The molecule has 0 saturated carbocycles. The number of hydrogen-bond donors (Lipinski definition) is 2. The van der Waals surface area contributed by atoms with Crippen LogP contribution in [-0.4, -0.2) is 42.2 Å². The molecule has 2 saturated heterocycles. The second-order valence-electron chi connectivity index (χ2n) is 6.23. The zero-order chi connectivity index (χ0) is 11.9. The Hall–Kier alpha value is -0.380. The molecular formula is C14H25N3. The summed E-state index contributed by atoms with van der Waals surface area (Å²) in [5, 5.41) is 3.89. The smallest absolute Gasteiger partial charge is 0.0336 e. The lowest BCUT2D eigenvalue weighted by Gasteiger charge is -2.46. The molecule has 2 aliphatic heterocycles. The monoisotopic (exact) mass is 235 g/mol. The van der Waals surface area contributed by atoms with Crippen LogP contribution in [0.5, 0.6) is 0 Å². The minimum atomic E-state index is 0.217. The molecule has 0 aromatic carbocycles. The molecule has 3 rings (SSSR count). The molecule has 3 nitrogen and oxygen atoms in total. The van der Waals surface area contributed by atoms with E-state index >= 15 is 0 Å². The van der Waals surface area contributed by atoms with Gasteiger partial charge in [-0.1, -0.05) is 12.2 Å². The molecule has 3 heteroatoms. The first-order valence-corrected chi connectivity index (χ1v) is 7.07. The SMILES string of the molecule is CN1C2CCC1CC(CN)(NC1CC=CC1)C2. The minimum Gasteiger partial charge on any atom is -0.329 e. The molecule has 2 fully saturated rings. The highest BCUT2D eigenvalue weighted by atomic mass is 15.2. The van der Waals surface area contributed by atoms with E-state index in [4.69, 9.17) is 5.73 Å². The van der Waals surface area contributed by atoms with E-state index in [1.807, 2.05) is 0 Å². The average Bonchev–Trinajstić information content (AvgIpc) is 2.88. The van der Waals surface area contributed by atoms with Crippen LogP contribution in [0.15, 0.2) is 12.2 Å². The third-order valence-electron chi connectivity index (χ3n) is 5.15. The molecule has 2 bridgehead atoms. The molecule has 0 radical (unpaired) electrons. The van der Waals surface area contributed by atoms with Crippen LogP contribution in [0.1, 0.15) is 38.5 Å². The number of nitrogens with zero attached hydrogens (tertiary/aromatic N) is 1. The van der Waals surface area contributed by atoms with Gasteiger partial charge in [-0.25, -0.2) is 0 Å². The van der Waals surface area contributed by atoms with E-state index in [1.165, 1.54) is 38.5 Å². The van der Waals surface area contributed by atoms with Crippen LogP contribution in [-0.2, 0) is 0 Å². The predicted octanol–water partition coefficient (Wildman–Crippen LogP) is 1.25. The van der Waals surface area contributed by atoms with Crippen molar-refractivity contribution in [3.05, 3.63) is 12.2 Å². The second-order valence-corrected chi connectivity index (χ2v) is 6.23. The molecule has 0 amide bonds. The molecule has 2 atom stereocenters. The fourth-order valence-corrected chi connectivity index (χ4v) is 4.08. The Kier molecular flexibility index (Phi) is 3.01. The molecular weight excluding hydrogens is 210 g/mol. The second kappa shape index (κ2) is 4.38. The van der Waals surface area contributed by atoms with Crippen LogP contribution >= 0.6 is 0 Å². The van der Waals surface area contributed by atoms with Crippen molar-refractivity contribution < 1.29 is 0 Å². The normalized spacial score (nSPS) is 42.5. The molecule has 3 N–H and O–H groups in total. The Morgan fingerprint density at radius 2 is 1.82 bits per heavy atom. The lowest BCUT2D eigenvalue weighted by atomic mass is 9.82. The summed E-state index contributed by atoms with van der Waals surface area (Å²) in [5.41, 5.74) is 6.33. The van der Waals surface area contributed by atoms with Gasteiger partial charge in [0, 0.05) is 30.2 Å². The van der Waals surface area contributed by atoms with Crippen molar-refractivity contribution in [2.75, 3.05) is 13.6 Å². The number of nitrogens with one attached hydrogen (secondary N) is 1. The van der Waals surface area contributed by atoms with E-state index in [1.54, 1.807) is 0 Å². The Labute approximate surface area is 104 Å². The summed E-state index contributed by atoms with van der Waals surface area (Å²) in [7, 11) is 2.29. The summed E-state index contributed by atoms with van der Waals surface area (Å²) >= 11 is 0. The van der Waals surface area contributed by atoms with Crippen LogP contribution < -0.4 is 11.1 Å². The van der Waals surface area contributed by atoms with E-state index in [-0.39, 0.29) is 5.54 Å². The van der Waals surface area contributed by atoms with Crippen molar-refractivity contribution in [1.82, 2.24) is 10.2 Å². The summed E-state index contributed by atoms with van der Waals surface area (Å²) < 4.78 is 0. The first-order valence-electron chi connectivity index (χ1n) is 7.07. The third-order valence-corrected chi connectivity index (χ3v) is 5.15. The van der Waals surface area contributed by atoms with Crippen molar-refractivity contribution in [2.24, 2.45) is 5.73 Å². The highest BCUT2D eigenvalue weighted by Gasteiger charge is 2.46. The predicted molar refractivity (Wildman–Crippen MR) is 70.9 cm³/mol. The van der Waals surface area contributed by atoms with Gasteiger partial charge < -0.3 is 16.0 Å². The van der Waals surface area contributed by atoms with E-state index in [2.05, 4.69) is 29.4 Å². The van der Waals surface area contributed by atoms with Crippen molar-refractivity contribution in [1.29, 1.82) is 0 Å². The molecule has 0 aromatic rings. The molecule has 96 valence electrons. The standard InChI is InChI=1S/C14H25N3/c1-17-12-6-7-13(17)9-14(8-12,10-15)16-11-4-2-3-5-11/h2-3,11-13,16H,4-10,15H2,1H3. The van der Waals surface area contributed by atoms with Crippen molar-refractivity contribution in [2.45, 2.75) is 62.2 Å².